The topological polar surface area (TPSA) is 67.4 Å². The van der Waals surface area contributed by atoms with Gasteiger partial charge in [-0.05, 0) is 42.5 Å². The number of terminal acetylenes is 1. The Morgan fingerprint density at radius 2 is 1.81 bits per heavy atom. The summed E-state index contributed by atoms with van der Waals surface area (Å²) in [6.45, 7) is -0.300. The first-order chi connectivity index (χ1) is 12.8. The third kappa shape index (κ3) is 6.08. The normalized spacial score (nSPS) is 10.6. The molecule has 27 heavy (non-hydrogen) atoms. The monoisotopic (exact) mass is 376 g/mol. The van der Waals surface area contributed by atoms with Gasteiger partial charge in [0.15, 0.2) is 6.61 Å². The second-order valence-electron chi connectivity index (χ2n) is 5.33. The van der Waals surface area contributed by atoms with Gasteiger partial charge in [0.2, 0.25) is 0 Å². The maximum atomic E-state index is 12.7. The Bertz CT molecular complexity index is 856. The van der Waals surface area contributed by atoms with Crippen molar-refractivity contribution in [3.8, 4) is 18.1 Å². The first kappa shape index (κ1) is 19.8. The summed E-state index contributed by atoms with van der Waals surface area (Å²) >= 11 is 0. The standard InChI is InChI=1S/C19H15F3N2O3/c1-2-10-23-18(26)13-6-8-16(9-7-13)27-12-17(25)24-15-5-3-4-14(11-15)19(20,21)22/h1,3-9,11H,10,12H2,(H,23,26)(H,24,25). The van der Waals surface area contributed by atoms with Crippen LogP contribution in [0.25, 0.3) is 0 Å². The van der Waals surface area contributed by atoms with Gasteiger partial charge in [0.25, 0.3) is 11.8 Å². The van der Waals surface area contributed by atoms with E-state index in [0.29, 0.717) is 11.3 Å². The maximum Gasteiger partial charge on any atom is 0.416 e. The van der Waals surface area contributed by atoms with Crippen molar-refractivity contribution in [2.24, 2.45) is 0 Å². The van der Waals surface area contributed by atoms with Crippen molar-refractivity contribution in [1.29, 1.82) is 0 Å². The molecule has 0 bridgehead atoms. The van der Waals surface area contributed by atoms with Crippen LogP contribution in [0.2, 0.25) is 0 Å². The molecule has 0 aliphatic carbocycles. The number of amides is 2. The third-order valence-electron chi connectivity index (χ3n) is 3.31. The summed E-state index contributed by atoms with van der Waals surface area (Å²) in [7, 11) is 0. The fraction of sp³-hybridized carbons (Fsp3) is 0.158. The Morgan fingerprint density at radius 1 is 1.11 bits per heavy atom. The second-order valence-corrected chi connectivity index (χ2v) is 5.33. The molecular formula is C19H15F3N2O3. The van der Waals surface area contributed by atoms with Crippen molar-refractivity contribution in [3.05, 3.63) is 59.7 Å². The van der Waals surface area contributed by atoms with E-state index in [1.165, 1.54) is 36.4 Å². The van der Waals surface area contributed by atoms with E-state index in [0.717, 1.165) is 12.1 Å². The van der Waals surface area contributed by atoms with Gasteiger partial charge in [-0.1, -0.05) is 12.0 Å². The van der Waals surface area contributed by atoms with E-state index >= 15 is 0 Å². The predicted molar refractivity (Wildman–Crippen MR) is 93.2 cm³/mol. The molecule has 140 valence electrons. The van der Waals surface area contributed by atoms with Crippen molar-refractivity contribution in [2.45, 2.75) is 6.18 Å². The van der Waals surface area contributed by atoms with Crippen molar-refractivity contribution >= 4 is 17.5 Å². The molecule has 5 nitrogen and oxygen atoms in total. The molecule has 0 radical (unpaired) electrons. The quantitative estimate of drug-likeness (QED) is 0.762. The number of anilines is 1. The Balaban J connectivity index is 1.89. The molecular weight excluding hydrogens is 361 g/mol. The van der Waals surface area contributed by atoms with Crippen LogP contribution in [0, 0.1) is 12.3 Å². The number of benzene rings is 2. The lowest BCUT2D eigenvalue weighted by atomic mass is 10.2. The highest BCUT2D eigenvalue weighted by molar-refractivity contribution is 5.94. The molecule has 2 N–H and O–H groups in total. The molecule has 0 fully saturated rings. The van der Waals surface area contributed by atoms with Crippen LogP contribution in [0.15, 0.2) is 48.5 Å². The SMILES string of the molecule is C#CCNC(=O)c1ccc(OCC(=O)Nc2cccc(C(F)(F)F)c2)cc1. The minimum atomic E-state index is -4.49. The summed E-state index contributed by atoms with van der Waals surface area (Å²) in [6.07, 6.45) is 0.559. The summed E-state index contributed by atoms with van der Waals surface area (Å²) in [5.74, 6) is 1.64. The molecule has 0 heterocycles. The average Bonchev–Trinajstić information content (AvgIpc) is 2.64. The Hall–Kier alpha value is -3.47. The van der Waals surface area contributed by atoms with Gasteiger partial charge in [0.05, 0.1) is 12.1 Å². The molecule has 0 spiro atoms. The highest BCUT2D eigenvalue weighted by Gasteiger charge is 2.30. The smallest absolute Gasteiger partial charge is 0.416 e. The number of hydrogen-bond acceptors (Lipinski definition) is 3. The summed E-state index contributed by atoms with van der Waals surface area (Å²) in [6, 6.07) is 10.2. The van der Waals surface area contributed by atoms with Crippen molar-refractivity contribution in [1.82, 2.24) is 5.32 Å². The average molecular weight is 376 g/mol. The predicted octanol–water partition coefficient (Wildman–Crippen LogP) is 3.09. The highest BCUT2D eigenvalue weighted by Crippen LogP contribution is 2.30. The molecule has 0 aromatic heterocycles. The number of ether oxygens (including phenoxy) is 1. The molecule has 0 atom stereocenters. The minimum absolute atomic E-state index is 0.0129. The lowest BCUT2D eigenvalue weighted by molar-refractivity contribution is -0.137. The van der Waals surface area contributed by atoms with Crippen LogP contribution in [0.3, 0.4) is 0 Å². The summed E-state index contributed by atoms with van der Waals surface area (Å²) in [4.78, 5) is 23.5. The van der Waals surface area contributed by atoms with Crippen LogP contribution in [0.1, 0.15) is 15.9 Å². The van der Waals surface area contributed by atoms with Crippen LogP contribution < -0.4 is 15.4 Å². The van der Waals surface area contributed by atoms with Crippen molar-refractivity contribution in [2.75, 3.05) is 18.5 Å². The minimum Gasteiger partial charge on any atom is -0.484 e. The molecule has 2 rings (SSSR count). The van der Waals surface area contributed by atoms with Gasteiger partial charge in [-0.3, -0.25) is 9.59 Å². The van der Waals surface area contributed by atoms with Gasteiger partial charge in [0, 0.05) is 11.3 Å². The summed E-state index contributed by atoms with van der Waals surface area (Å²) in [5, 5.41) is 4.83. The van der Waals surface area contributed by atoms with E-state index in [-0.39, 0.29) is 18.1 Å². The number of hydrogen-bond donors (Lipinski definition) is 2. The Morgan fingerprint density at radius 3 is 2.44 bits per heavy atom. The molecule has 0 aliphatic rings. The van der Waals surface area contributed by atoms with E-state index in [1.54, 1.807) is 0 Å². The third-order valence-corrected chi connectivity index (χ3v) is 3.31. The first-order valence-corrected chi connectivity index (χ1v) is 7.71. The Labute approximate surface area is 153 Å². The second kappa shape index (κ2) is 8.76. The largest absolute Gasteiger partial charge is 0.484 e. The molecule has 2 amide bonds. The molecule has 8 heteroatoms. The van der Waals surface area contributed by atoms with Gasteiger partial charge in [-0.15, -0.1) is 6.42 Å². The number of alkyl halides is 3. The molecule has 0 unspecified atom stereocenters. The van der Waals surface area contributed by atoms with Gasteiger partial charge in [-0.2, -0.15) is 13.2 Å². The van der Waals surface area contributed by atoms with Crippen molar-refractivity contribution in [3.63, 3.8) is 0 Å². The van der Waals surface area contributed by atoms with Crippen LogP contribution in [-0.2, 0) is 11.0 Å². The van der Waals surface area contributed by atoms with Crippen molar-refractivity contribution < 1.29 is 27.5 Å². The summed E-state index contributed by atoms with van der Waals surface area (Å²) in [5.41, 5.74) is -0.482. The van der Waals surface area contributed by atoms with Crippen LogP contribution in [-0.4, -0.2) is 25.0 Å². The molecule has 0 aliphatic heterocycles. The number of carbonyl (C=O) groups excluding carboxylic acids is 2. The Kier molecular flexibility index (Phi) is 6.44. The molecule has 2 aromatic carbocycles. The van der Waals surface area contributed by atoms with Gasteiger partial charge < -0.3 is 15.4 Å². The molecule has 0 saturated carbocycles. The lowest BCUT2D eigenvalue weighted by Crippen LogP contribution is -2.23. The fourth-order valence-corrected chi connectivity index (χ4v) is 2.06. The van der Waals surface area contributed by atoms with E-state index in [1.807, 2.05) is 0 Å². The zero-order chi connectivity index (χ0) is 19.9. The summed E-state index contributed by atoms with van der Waals surface area (Å²) < 4.78 is 43.2. The van der Waals surface area contributed by atoms with Gasteiger partial charge >= 0.3 is 6.18 Å². The van der Waals surface area contributed by atoms with Crippen LogP contribution >= 0.6 is 0 Å². The molecule has 2 aromatic rings. The number of rotatable bonds is 6. The van der Waals surface area contributed by atoms with Gasteiger partial charge in [-0.25, -0.2) is 0 Å². The van der Waals surface area contributed by atoms with Crippen LogP contribution in [0.5, 0.6) is 5.75 Å². The van der Waals surface area contributed by atoms with E-state index in [2.05, 4.69) is 16.6 Å². The van der Waals surface area contributed by atoms with E-state index in [4.69, 9.17) is 11.2 Å². The lowest BCUT2D eigenvalue weighted by Gasteiger charge is -2.10. The number of carbonyl (C=O) groups is 2. The number of halogens is 3. The first-order valence-electron chi connectivity index (χ1n) is 7.71. The highest BCUT2D eigenvalue weighted by atomic mass is 19.4. The van der Waals surface area contributed by atoms with Gasteiger partial charge in [0.1, 0.15) is 5.75 Å². The van der Waals surface area contributed by atoms with Crippen LogP contribution in [0.4, 0.5) is 18.9 Å². The zero-order valence-corrected chi connectivity index (χ0v) is 14.0. The number of nitrogens with one attached hydrogen (secondary N) is 2. The maximum absolute atomic E-state index is 12.7. The van der Waals surface area contributed by atoms with E-state index in [9.17, 15) is 22.8 Å². The molecule has 0 saturated heterocycles. The zero-order valence-electron chi connectivity index (χ0n) is 14.0. The van der Waals surface area contributed by atoms with E-state index < -0.39 is 24.3 Å². The fourth-order valence-electron chi connectivity index (χ4n) is 2.06.